The lowest BCUT2D eigenvalue weighted by atomic mass is 10.1. The van der Waals surface area contributed by atoms with Crippen molar-refractivity contribution in [2.24, 2.45) is 0 Å². The first kappa shape index (κ1) is 18.5. The van der Waals surface area contributed by atoms with Crippen LogP contribution in [0.15, 0.2) is 41.0 Å². The van der Waals surface area contributed by atoms with E-state index in [-0.39, 0.29) is 5.91 Å². The summed E-state index contributed by atoms with van der Waals surface area (Å²) in [6, 6.07) is 9.83. The number of amides is 1. The molecule has 0 unspecified atom stereocenters. The summed E-state index contributed by atoms with van der Waals surface area (Å²) < 4.78 is 11.2. The fourth-order valence-electron chi connectivity index (χ4n) is 2.33. The molecule has 0 bridgehead atoms. The average molecular weight is 347 g/mol. The summed E-state index contributed by atoms with van der Waals surface area (Å²) in [6.45, 7) is 6.62. The van der Waals surface area contributed by atoms with Crippen molar-refractivity contribution in [1.29, 1.82) is 0 Å². The Morgan fingerprint density at radius 2 is 2.17 bits per heavy atom. The molecule has 130 valence electrons. The van der Waals surface area contributed by atoms with Crippen LogP contribution in [0.5, 0.6) is 5.75 Å². The van der Waals surface area contributed by atoms with Crippen molar-refractivity contribution in [2.45, 2.75) is 39.0 Å². The van der Waals surface area contributed by atoms with E-state index in [2.05, 4.69) is 11.4 Å². The van der Waals surface area contributed by atoms with Crippen LogP contribution >= 0.6 is 11.8 Å². The van der Waals surface area contributed by atoms with Crippen molar-refractivity contribution < 1.29 is 13.9 Å². The predicted molar refractivity (Wildman–Crippen MR) is 98.5 cm³/mol. The summed E-state index contributed by atoms with van der Waals surface area (Å²) in [6.07, 6.45) is 1.86. The van der Waals surface area contributed by atoms with Crippen LogP contribution in [-0.2, 0) is 10.5 Å². The normalized spacial score (nSPS) is 12.0. The molecule has 24 heavy (non-hydrogen) atoms. The highest BCUT2D eigenvalue weighted by Gasteiger charge is 2.18. The maximum Gasteiger partial charge on any atom is 0.261 e. The fraction of sp³-hybridized carbons (Fsp3) is 0.421. The molecule has 0 fully saturated rings. The lowest BCUT2D eigenvalue weighted by molar-refractivity contribution is -0.128. The minimum absolute atomic E-state index is 0.0592. The van der Waals surface area contributed by atoms with E-state index < -0.39 is 6.10 Å². The first-order chi connectivity index (χ1) is 11.6. The van der Waals surface area contributed by atoms with Gasteiger partial charge in [-0.25, -0.2) is 0 Å². The SMILES string of the molecule is CC[C@H](Oc1ccc(C)cc1C)C(=O)NCCSCc1ccco1. The lowest BCUT2D eigenvalue weighted by Crippen LogP contribution is -2.39. The molecule has 1 amide bonds. The summed E-state index contributed by atoms with van der Waals surface area (Å²) in [5.74, 6) is 3.33. The second kappa shape index (κ2) is 9.42. The van der Waals surface area contributed by atoms with Crippen LogP contribution in [0.4, 0.5) is 0 Å². The number of ether oxygens (including phenoxy) is 1. The van der Waals surface area contributed by atoms with Gasteiger partial charge >= 0.3 is 0 Å². The van der Waals surface area contributed by atoms with E-state index in [4.69, 9.17) is 9.15 Å². The number of hydrogen-bond acceptors (Lipinski definition) is 4. The lowest BCUT2D eigenvalue weighted by Gasteiger charge is -2.18. The predicted octanol–water partition coefficient (Wildman–Crippen LogP) is 4.10. The van der Waals surface area contributed by atoms with Crippen LogP contribution in [0.3, 0.4) is 0 Å². The Balaban J connectivity index is 1.74. The number of furan rings is 1. The Hall–Kier alpha value is -1.88. The van der Waals surface area contributed by atoms with Crippen molar-refractivity contribution in [1.82, 2.24) is 5.32 Å². The van der Waals surface area contributed by atoms with Crippen molar-refractivity contribution in [3.8, 4) is 5.75 Å². The van der Waals surface area contributed by atoms with Crippen LogP contribution in [0.2, 0.25) is 0 Å². The van der Waals surface area contributed by atoms with Crippen molar-refractivity contribution in [3.05, 3.63) is 53.5 Å². The maximum absolute atomic E-state index is 12.3. The zero-order valence-electron chi connectivity index (χ0n) is 14.5. The summed E-state index contributed by atoms with van der Waals surface area (Å²) in [4.78, 5) is 12.3. The van der Waals surface area contributed by atoms with E-state index >= 15 is 0 Å². The number of rotatable bonds is 9. The number of benzene rings is 1. The maximum atomic E-state index is 12.3. The van der Waals surface area contributed by atoms with Crippen LogP contribution in [0.25, 0.3) is 0 Å². The van der Waals surface area contributed by atoms with Crippen LogP contribution in [-0.4, -0.2) is 24.3 Å². The molecule has 1 N–H and O–H groups in total. The molecular formula is C19H25NO3S. The quantitative estimate of drug-likeness (QED) is 0.694. The van der Waals surface area contributed by atoms with Gasteiger partial charge in [-0.2, -0.15) is 11.8 Å². The summed E-state index contributed by atoms with van der Waals surface area (Å²) in [5, 5.41) is 2.95. The number of aryl methyl sites for hydroxylation is 2. The molecule has 0 aliphatic rings. The molecule has 0 aliphatic heterocycles. The largest absolute Gasteiger partial charge is 0.480 e. The molecule has 1 aromatic carbocycles. The first-order valence-electron chi connectivity index (χ1n) is 8.22. The Labute approximate surface area is 148 Å². The van der Waals surface area contributed by atoms with Crippen molar-refractivity contribution in [3.63, 3.8) is 0 Å². The van der Waals surface area contributed by atoms with Gasteiger partial charge in [-0.05, 0) is 44.0 Å². The second-order valence-electron chi connectivity index (χ2n) is 5.71. The molecule has 0 saturated heterocycles. The molecule has 2 rings (SSSR count). The molecule has 2 aromatic rings. The molecular weight excluding hydrogens is 322 g/mol. The van der Waals surface area contributed by atoms with Crippen LogP contribution in [0.1, 0.15) is 30.2 Å². The van der Waals surface area contributed by atoms with Gasteiger partial charge in [0.1, 0.15) is 11.5 Å². The Morgan fingerprint density at radius 3 is 2.83 bits per heavy atom. The van der Waals surface area contributed by atoms with E-state index in [1.807, 2.05) is 45.0 Å². The summed E-state index contributed by atoms with van der Waals surface area (Å²) in [5.41, 5.74) is 2.24. The summed E-state index contributed by atoms with van der Waals surface area (Å²) in [7, 11) is 0. The smallest absolute Gasteiger partial charge is 0.261 e. The molecule has 1 aromatic heterocycles. The van der Waals surface area contributed by atoms with E-state index in [1.165, 1.54) is 5.56 Å². The molecule has 0 saturated carbocycles. The topological polar surface area (TPSA) is 51.5 Å². The highest BCUT2D eigenvalue weighted by atomic mass is 32.2. The van der Waals surface area contributed by atoms with Gasteiger partial charge in [0, 0.05) is 12.3 Å². The minimum atomic E-state index is -0.457. The van der Waals surface area contributed by atoms with E-state index in [0.717, 1.165) is 28.6 Å². The highest BCUT2D eigenvalue weighted by molar-refractivity contribution is 7.98. The molecule has 1 heterocycles. The first-order valence-corrected chi connectivity index (χ1v) is 9.37. The Morgan fingerprint density at radius 1 is 1.33 bits per heavy atom. The molecule has 5 heteroatoms. The second-order valence-corrected chi connectivity index (χ2v) is 6.81. The van der Waals surface area contributed by atoms with Crippen LogP contribution in [0, 0.1) is 13.8 Å². The molecule has 0 aliphatic carbocycles. The Kier molecular flexibility index (Phi) is 7.25. The average Bonchev–Trinajstić information content (AvgIpc) is 3.07. The third kappa shape index (κ3) is 5.64. The zero-order chi connectivity index (χ0) is 17.4. The number of hydrogen-bond donors (Lipinski definition) is 1. The minimum Gasteiger partial charge on any atom is -0.480 e. The number of nitrogens with one attached hydrogen (secondary N) is 1. The van der Waals surface area contributed by atoms with Crippen LogP contribution < -0.4 is 10.1 Å². The summed E-state index contributed by atoms with van der Waals surface area (Å²) >= 11 is 1.73. The van der Waals surface area contributed by atoms with Gasteiger partial charge in [0.25, 0.3) is 5.91 Å². The third-order valence-corrected chi connectivity index (χ3v) is 4.61. The highest BCUT2D eigenvalue weighted by Crippen LogP contribution is 2.21. The van der Waals surface area contributed by atoms with E-state index in [9.17, 15) is 4.79 Å². The van der Waals surface area contributed by atoms with Gasteiger partial charge in [-0.15, -0.1) is 0 Å². The monoisotopic (exact) mass is 347 g/mol. The standard InChI is InChI=1S/C19H25NO3S/c1-4-17(23-18-8-7-14(2)12-15(18)3)19(21)20-9-11-24-13-16-6-5-10-22-16/h5-8,10,12,17H,4,9,11,13H2,1-3H3,(H,20,21)/t17-/m0/s1. The van der Waals surface area contributed by atoms with E-state index in [1.54, 1.807) is 18.0 Å². The van der Waals surface area contributed by atoms with Gasteiger partial charge in [0.05, 0.1) is 12.0 Å². The number of carbonyl (C=O) groups is 1. The Bertz CT molecular complexity index is 640. The number of carbonyl (C=O) groups excluding carboxylic acids is 1. The molecule has 4 nitrogen and oxygen atoms in total. The fourth-order valence-corrected chi connectivity index (χ4v) is 3.09. The van der Waals surface area contributed by atoms with Gasteiger partial charge in [-0.1, -0.05) is 24.6 Å². The van der Waals surface area contributed by atoms with Gasteiger partial charge < -0.3 is 14.5 Å². The van der Waals surface area contributed by atoms with Crippen molar-refractivity contribution in [2.75, 3.05) is 12.3 Å². The van der Waals surface area contributed by atoms with Crippen molar-refractivity contribution >= 4 is 17.7 Å². The third-order valence-electron chi connectivity index (χ3n) is 3.63. The molecule has 0 spiro atoms. The van der Waals surface area contributed by atoms with Gasteiger partial charge in [-0.3, -0.25) is 4.79 Å². The molecule has 1 atom stereocenters. The van der Waals surface area contributed by atoms with Gasteiger partial charge in [0.2, 0.25) is 0 Å². The zero-order valence-corrected chi connectivity index (χ0v) is 15.3. The van der Waals surface area contributed by atoms with E-state index in [0.29, 0.717) is 13.0 Å². The van der Waals surface area contributed by atoms with Gasteiger partial charge in [0.15, 0.2) is 6.10 Å². The number of thioether (sulfide) groups is 1. The molecule has 0 radical (unpaired) electrons.